The van der Waals surface area contributed by atoms with Crippen molar-refractivity contribution in [2.45, 2.75) is 50.3 Å². The molecule has 0 radical (unpaired) electrons. The van der Waals surface area contributed by atoms with Crippen molar-refractivity contribution in [2.75, 3.05) is 7.11 Å². The molecule has 0 spiro atoms. The number of phenolic OH excluding ortho intramolecular Hbond substituents is 1. The highest BCUT2D eigenvalue weighted by atomic mass is 16.6. The van der Waals surface area contributed by atoms with Gasteiger partial charge >= 0.3 is 5.97 Å². The van der Waals surface area contributed by atoms with Crippen LogP contribution in [0.3, 0.4) is 0 Å². The number of aromatic hydroxyl groups is 1. The summed E-state index contributed by atoms with van der Waals surface area (Å²) in [6.45, 7) is 1.64. The molecule has 0 aromatic heterocycles. The number of carbonyl (C=O) groups excluding carboxylic acids is 2. The highest BCUT2D eigenvalue weighted by Crippen LogP contribution is 2.46. The fraction of sp³-hybridized carbons (Fsp3) is 0.474. The van der Waals surface area contributed by atoms with E-state index < -0.39 is 42.3 Å². The molecule has 1 fully saturated rings. The van der Waals surface area contributed by atoms with Crippen LogP contribution in [-0.2, 0) is 14.3 Å². The van der Waals surface area contributed by atoms with E-state index in [-0.39, 0.29) is 24.2 Å². The number of esters is 1. The normalized spacial score (nSPS) is 32.5. The number of phenols is 1. The second-order valence-corrected chi connectivity index (χ2v) is 6.71. The Hall–Kier alpha value is -2.42. The van der Waals surface area contributed by atoms with E-state index in [2.05, 4.69) is 0 Å². The Morgan fingerprint density at radius 3 is 2.67 bits per heavy atom. The van der Waals surface area contributed by atoms with Gasteiger partial charge in [0.1, 0.15) is 35.4 Å². The van der Waals surface area contributed by atoms with Gasteiger partial charge in [0.15, 0.2) is 5.78 Å². The van der Waals surface area contributed by atoms with Crippen molar-refractivity contribution in [1.82, 2.24) is 0 Å². The second kappa shape index (κ2) is 7.67. The van der Waals surface area contributed by atoms with E-state index >= 15 is 0 Å². The van der Waals surface area contributed by atoms with Gasteiger partial charge in [-0.25, -0.2) is 4.79 Å². The SMILES string of the molecule is COc1cc(O)c2c(c1)C1OC1CC(O)[C@H](O)C(=O)/C=C\C[C@H](C)OC2=O. The number of carbonyl (C=O) groups is 2. The Kier molecular flexibility index (Phi) is 5.50. The lowest BCUT2D eigenvalue weighted by molar-refractivity contribution is -0.128. The molecule has 2 aliphatic rings. The first-order valence-corrected chi connectivity index (χ1v) is 8.65. The van der Waals surface area contributed by atoms with Gasteiger partial charge in [-0.15, -0.1) is 0 Å². The van der Waals surface area contributed by atoms with E-state index in [1.165, 1.54) is 19.3 Å². The van der Waals surface area contributed by atoms with Gasteiger partial charge in [-0.3, -0.25) is 4.79 Å². The monoisotopic (exact) mass is 378 g/mol. The maximum absolute atomic E-state index is 12.6. The molecule has 0 amide bonds. The summed E-state index contributed by atoms with van der Waals surface area (Å²) >= 11 is 0. The highest BCUT2D eigenvalue weighted by Gasteiger charge is 2.46. The molecule has 3 unspecified atom stereocenters. The number of benzene rings is 1. The third kappa shape index (κ3) is 4.13. The minimum absolute atomic E-state index is 0.00568. The van der Waals surface area contributed by atoms with Crippen molar-refractivity contribution < 1.29 is 39.1 Å². The minimum Gasteiger partial charge on any atom is -0.507 e. The highest BCUT2D eigenvalue weighted by molar-refractivity contribution is 5.95. The summed E-state index contributed by atoms with van der Waals surface area (Å²) in [6.07, 6.45) is -1.72. The number of ether oxygens (including phenoxy) is 3. The number of aliphatic hydroxyl groups is 2. The zero-order chi connectivity index (χ0) is 19.7. The zero-order valence-corrected chi connectivity index (χ0v) is 15.0. The summed E-state index contributed by atoms with van der Waals surface area (Å²) in [5, 5.41) is 30.4. The van der Waals surface area contributed by atoms with Crippen LogP contribution in [0, 0.1) is 0 Å². The van der Waals surface area contributed by atoms with Crippen molar-refractivity contribution in [3.8, 4) is 11.5 Å². The molecular weight excluding hydrogens is 356 g/mol. The van der Waals surface area contributed by atoms with Gasteiger partial charge in [0.05, 0.1) is 19.3 Å². The fourth-order valence-corrected chi connectivity index (χ4v) is 3.10. The summed E-state index contributed by atoms with van der Waals surface area (Å²) < 4.78 is 16.0. The number of hydrogen-bond donors (Lipinski definition) is 3. The molecule has 3 rings (SSSR count). The van der Waals surface area contributed by atoms with Crippen LogP contribution in [0.5, 0.6) is 11.5 Å². The number of epoxide rings is 1. The van der Waals surface area contributed by atoms with Gasteiger partial charge in [0.25, 0.3) is 0 Å². The van der Waals surface area contributed by atoms with Gasteiger partial charge in [0, 0.05) is 24.5 Å². The summed E-state index contributed by atoms with van der Waals surface area (Å²) in [7, 11) is 1.42. The molecule has 27 heavy (non-hydrogen) atoms. The minimum atomic E-state index is -1.56. The van der Waals surface area contributed by atoms with Crippen molar-refractivity contribution in [2.24, 2.45) is 0 Å². The molecule has 8 heteroatoms. The first-order chi connectivity index (χ1) is 12.8. The number of aliphatic hydroxyl groups excluding tert-OH is 2. The van der Waals surface area contributed by atoms with Gasteiger partial charge in [-0.1, -0.05) is 6.08 Å². The average Bonchev–Trinajstić information content (AvgIpc) is 3.38. The van der Waals surface area contributed by atoms with Crippen molar-refractivity contribution >= 4 is 11.8 Å². The molecule has 8 nitrogen and oxygen atoms in total. The number of hydrogen-bond acceptors (Lipinski definition) is 8. The van der Waals surface area contributed by atoms with Crippen LogP contribution in [0.2, 0.25) is 0 Å². The molecule has 0 aliphatic carbocycles. The molecule has 2 heterocycles. The summed E-state index contributed by atoms with van der Waals surface area (Å²) in [6, 6.07) is 2.87. The van der Waals surface area contributed by atoms with E-state index in [4.69, 9.17) is 14.2 Å². The predicted octanol–water partition coefficient (Wildman–Crippen LogP) is 1.03. The van der Waals surface area contributed by atoms with Crippen molar-refractivity contribution in [3.63, 3.8) is 0 Å². The molecular formula is C19H22O8. The Labute approximate surface area is 156 Å². The smallest absolute Gasteiger partial charge is 0.342 e. The molecule has 2 aliphatic heterocycles. The quantitative estimate of drug-likeness (QED) is 0.489. The molecule has 146 valence electrons. The second-order valence-electron chi connectivity index (χ2n) is 6.71. The molecule has 3 N–H and O–H groups in total. The predicted molar refractivity (Wildman–Crippen MR) is 92.5 cm³/mol. The number of cyclic esters (lactones) is 1. The third-order valence-corrected chi connectivity index (χ3v) is 4.64. The number of methoxy groups -OCH3 is 1. The van der Waals surface area contributed by atoms with Crippen LogP contribution in [0.25, 0.3) is 0 Å². The molecule has 0 saturated carbocycles. The standard InChI is InChI=1S/C19H22O8/c1-9-4-3-5-12(20)17(23)14(22)8-15-18(27-15)11-6-10(25-2)7-13(21)16(11)19(24)26-9/h3,5-7,9,14-15,17-18,21-23H,4,8H2,1-2H3/b5-3-/t9-,14?,15?,17+,18?/m0/s1. The Balaban J connectivity index is 1.98. The topological polar surface area (TPSA) is 126 Å². The Morgan fingerprint density at radius 1 is 1.22 bits per heavy atom. The van der Waals surface area contributed by atoms with Gasteiger partial charge < -0.3 is 29.5 Å². The summed E-state index contributed by atoms with van der Waals surface area (Å²) in [4.78, 5) is 24.5. The van der Waals surface area contributed by atoms with Crippen LogP contribution in [0.1, 0.15) is 41.8 Å². The molecule has 1 aromatic rings. The van der Waals surface area contributed by atoms with Crippen LogP contribution < -0.4 is 4.74 Å². The van der Waals surface area contributed by atoms with E-state index in [1.807, 2.05) is 0 Å². The maximum atomic E-state index is 12.6. The number of rotatable bonds is 1. The maximum Gasteiger partial charge on any atom is 0.342 e. The lowest BCUT2D eigenvalue weighted by Gasteiger charge is -2.17. The van der Waals surface area contributed by atoms with Crippen molar-refractivity contribution in [1.29, 1.82) is 0 Å². The Bertz CT molecular complexity index is 771. The van der Waals surface area contributed by atoms with Crippen LogP contribution in [-0.4, -0.2) is 58.6 Å². The average molecular weight is 378 g/mol. The van der Waals surface area contributed by atoms with Crippen molar-refractivity contribution in [3.05, 3.63) is 35.4 Å². The number of ketones is 1. The Morgan fingerprint density at radius 2 is 1.96 bits per heavy atom. The van der Waals surface area contributed by atoms with E-state index in [0.717, 1.165) is 6.08 Å². The van der Waals surface area contributed by atoms with Crippen LogP contribution in [0.4, 0.5) is 0 Å². The summed E-state index contributed by atoms with van der Waals surface area (Å²) in [5.74, 6) is -1.31. The van der Waals surface area contributed by atoms with Crippen LogP contribution in [0.15, 0.2) is 24.3 Å². The fourth-order valence-electron chi connectivity index (χ4n) is 3.10. The van der Waals surface area contributed by atoms with Gasteiger partial charge in [-0.2, -0.15) is 0 Å². The largest absolute Gasteiger partial charge is 0.507 e. The van der Waals surface area contributed by atoms with E-state index in [1.54, 1.807) is 13.0 Å². The first kappa shape index (κ1) is 19.3. The molecule has 1 saturated heterocycles. The molecule has 1 aromatic carbocycles. The lowest BCUT2D eigenvalue weighted by atomic mass is 9.97. The molecule has 5 atom stereocenters. The summed E-state index contributed by atoms with van der Waals surface area (Å²) in [5.41, 5.74) is 0.344. The number of fused-ring (bicyclic) bond motifs is 3. The lowest BCUT2D eigenvalue weighted by Crippen LogP contribution is -2.34. The first-order valence-electron chi connectivity index (χ1n) is 8.65. The van der Waals surface area contributed by atoms with E-state index in [9.17, 15) is 24.9 Å². The molecule has 0 bridgehead atoms. The third-order valence-electron chi connectivity index (χ3n) is 4.64. The van der Waals surface area contributed by atoms with Crippen LogP contribution >= 0.6 is 0 Å². The zero-order valence-electron chi connectivity index (χ0n) is 15.0. The van der Waals surface area contributed by atoms with E-state index in [0.29, 0.717) is 11.3 Å². The van der Waals surface area contributed by atoms with Gasteiger partial charge in [0.2, 0.25) is 0 Å². The van der Waals surface area contributed by atoms with Gasteiger partial charge in [-0.05, 0) is 19.1 Å².